The third-order valence-corrected chi connectivity index (χ3v) is 2.01. The van der Waals surface area contributed by atoms with Gasteiger partial charge in [-0.25, -0.2) is 0 Å². The second kappa shape index (κ2) is 3.79. The summed E-state index contributed by atoms with van der Waals surface area (Å²) in [5, 5.41) is 6.69. The van der Waals surface area contributed by atoms with Crippen LogP contribution in [0.15, 0.2) is 28.7 Å². The molecule has 1 aromatic heterocycles. The van der Waals surface area contributed by atoms with Crippen molar-refractivity contribution >= 4 is 11.6 Å². The fraction of sp³-hybridized carbons (Fsp3) is 0.111. The summed E-state index contributed by atoms with van der Waals surface area (Å²) in [5.41, 5.74) is 0.382. The third-order valence-electron chi connectivity index (χ3n) is 1.76. The van der Waals surface area contributed by atoms with Gasteiger partial charge in [-0.2, -0.15) is 13.2 Å². The molecule has 0 unspecified atom stereocenters. The highest BCUT2D eigenvalue weighted by Gasteiger charge is 2.38. The van der Waals surface area contributed by atoms with Crippen molar-refractivity contribution in [3.63, 3.8) is 0 Å². The first-order valence-corrected chi connectivity index (χ1v) is 4.51. The van der Waals surface area contributed by atoms with E-state index in [4.69, 9.17) is 11.6 Å². The summed E-state index contributed by atoms with van der Waals surface area (Å²) in [6.07, 6.45) is -4.63. The smallest absolute Gasteiger partial charge is 0.413 e. The number of aromatic nitrogens is 2. The molecule has 1 aromatic carbocycles. The zero-order chi connectivity index (χ0) is 11.8. The van der Waals surface area contributed by atoms with E-state index in [1.807, 2.05) is 0 Å². The molecule has 0 bridgehead atoms. The predicted molar refractivity (Wildman–Crippen MR) is 49.7 cm³/mol. The van der Waals surface area contributed by atoms with E-state index in [9.17, 15) is 13.2 Å². The number of nitrogens with zero attached hydrogens (tertiary/aromatic N) is 2. The topological polar surface area (TPSA) is 38.9 Å². The molecule has 2 rings (SSSR count). The summed E-state index contributed by atoms with van der Waals surface area (Å²) in [7, 11) is 0. The van der Waals surface area contributed by atoms with Gasteiger partial charge in [-0.05, 0) is 24.3 Å². The molecule has 84 valence electrons. The van der Waals surface area contributed by atoms with Crippen molar-refractivity contribution in [3.05, 3.63) is 35.2 Å². The molecule has 0 aliphatic carbocycles. The van der Waals surface area contributed by atoms with E-state index in [0.29, 0.717) is 10.6 Å². The Balaban J connectivity index is 2.35. The van der Waals surface area contributed by atoms with Crippen molar-refractivity contribution < 1.29 is 17.6 Å². The van der Waals surface area contributed by atoms with Gasteiger partial charge in [-0.15, -0.1) is 10.2 Å². The van der Waals surface area contributed by atoms with Gasteiger partial charge in [-0.1, -0.05) is 11.6 Å². The van der Waals surface area contributed by atoms with Crippen LogP contribution in [0, 0.1) is 0 Å². The van der Waals surface area contributed by atoms with Crippen LogP contribution >= 0.6 is 11.6 Å². The minimum absolute atomic E-state index is 0.191. The molecule has 2 aromatic rings. The SMILES string of the molecule is FC(F)(F)c1nnc(-c2ccc(Cl)cc2)o1. The van der Waals surface area contributed by atoms with Crippen LogP contribution in [0.2, 0.25) is 5.02 Å². The molecule has 0 atom stereocenters. The molecular weight excluding hydrogens is 245 g/mol. The number of halogens is 4. The van der Waals surface area contributed by atoms with Crippen LogP contribution in [0.4, 0.5) is 13.2 Å². The van der Waals surface area contributed by atoms with Crippen LogP contribution in [0.5, 0.6) is 0 Å². The first-order chi connectivity index (χ1) is 7.47. The van der Waals surface area contributed by atoms with Crippen LogP contribution in [0.3, 0.4) is 0 Å². The molecule has 0 amide bonds. The average Bonchev–Trinajstić information content (AvgIpc) is 2.67. The minimum Gasteiger partial charge on any atom is -0.413 e. The van der Waals surface area contributed by atoms with Crippen molar-refractivity contribution in [2.75, 3.05) is 0 Å². The number of rotatable bonds is 1. The zero-order valence-electron chi connectivity index (χ0n) is 7.62. The lowest BCUT2D eigenvalue weighted by atomic mass is 10.2. The fourth-order valence-electron chi connectivity index (χ4n) is 1.05. The maximum Gasteiger partial charge on any atom is 0.470 e. The molecule has 0 fully saturated rings. The predicted octanol–water partition coefficient (Wildman–Crippen LogP) is 3.41. The second-order valence-electron chi connectivity index (χ2n) is 2.92. The van der Waals surface area contributed by atoms with Crippen LogP contribution in [0.1, 0.15) is 5.89 Å². The molecule has 0 N–H and O–H groups in total. The Hall–Kier alpha value is -1.56. The lowest BCUT2D eigenvalue weighted by Gasteiger charge is -1.97. The van der Waals surface area contributed by atoms with Crippen molar-refractivity contribution in [2.45, 2.75) is 6.18 Å². The Morgan fingerprint density at radius 1 is 1.06 bits per heavy atom. The fourth-order valence-corrected chi connectivity index (χ4v) is 1.17. The van der Waals surface area contributed by atoms with Gasteiger partial charge in [0, 0.05) is 10.6 Å². The molecule has 0 spiro atoms. The van der Waals surface area contributed by atoms with Crippen LogP contribution in [0.25, 0.3) is 11.5 Å². The largest absolute Gasteiger partial charge is 0.470 e. The lowest BCUT2D eigenvalue weighted by Crippen LogP contribution is -2.04. The zero-order valence-corrected chi connectivity index (χ0v) is 8.38. The number of hydrogen-bond donors (Lipinski definition) is 0. The summed E-state index contributed by atoms with van der Waals surface area (Å²) >= 11 is 5.63. The average molecular weight is 249 g/mol. The highest BCUT2D eigenvalue weighted by Crippen LogP contribution is 2.30. The van der Waals surface area contributed by atoms with E-state index >= 15 is 0 Å². The van der Waals surface area contributed by atoms with E-state index in [-0.39, 0.29) is 5.89 Å². The Morgan fingerprint density at radius 3 is 2.19 bits per heavy atom. The highest BCUT2D eigenvalue weighted by atomic mass is 35.5. The first kappa shape index (κ1) is 10.9. The maximum absolute atomic E-state index is 12.2. The Labute approximate surface area is 92.9 Å². The normalized spacial score (nSPS) is 11.8. The highest BCUT2D eigenvalue weighted by molar-refractivity contribution is 6.30. The third kappa shape index (κ3) is 2.16. The van der Waals surface area contributed by atoms with E-state index in [1.54, 1.807) is 0 Å². The minimum atomic E-state index is -4.63. The second-order valence-corrected chi connectivity index (χ2v) is 3.35. The molecule has 3 nitrogen and oxygen atoms in total. The summed E-state index contributed by atoms with van der Waals surface area (Å²) in [4.78, 5) is 0. The lowest BCUT2D eigenvalue weighted by molar-refractivity contribution is -0.156. The summed E-state index contributed by atoms with van der Waals surface area (Å²) in [6, 6.07) is 6.04. The summed E-state index contributed by atoms with van der Waals surface area (Å²) < 4.78 is 41.0. The monoisotopic (exact) mass is 248 g/mol. The Bertz CT molecular complexity index is 492. The summed E-state index contributed by atoms with van der Waals surface area (Å²) in [5.74, 6) is -1.55. The van der Waals surface area contributed by atoms with E-state index < -0.39 is 12.1 Å². The quantitative estimate of drug-likeness (QED) is 0.776. The molecule has 7 heteroatoms. The molecule has 0 aliphatic rings. The van der Waals surface area contributed by atoms with E-state index in [1.165, 1.54) is 24.3 Å². The van der Waals surface area contributed by atoms with Crippen molar-refractivity contribution in [1.29, 1.82) is 0 Å². The van der Waals surface area contributed by atoms with Crippen molar-refractivity contribution in [3.8, 4) is 11.5 Å². The number of alkyl halides is 3. The van der Waals surface area contributed by atoms with Crippen LogP contribution in [-0.2, 0) is 6.18 Å². The van der Waals surface area contributed by atoms with E-state index in [0.717, 1.165) is 0 Å². The maximum atomic E-state index is 12.2. The molecule has 0 saturated carbocycles. The van der Waals surface area contributed by atoms with Gasteiger partial charge in [-0.3, -0.25) is 0 Å². The van der Waals surface area contributed by atoms with Crippen LogP contribution in [-0.4, -0.2) is 10.2 Å². The van der Waals surface area contributed by atoms with Crippen molar-refractivity contribution in [1.82, 2.24) is 10.2 Å². The first-order valence-electron chi connectivity index (χ1n) is 4.13. The molecular formula is C9H4ClF3N2O. The van der Waals surface area contributed by atoms with Gasteiger partial charge >= 0.3 is 12.1 Å². The van der Waals surface area contributed by atoms with Gasteiger partial charge in [0.25, 0.3) is 0 Å². The van der Waals surface area contributed by atoms with Gasteiger partial charge < -0.3 is 4.42 Å². The standard InChI is InChI=1S/C9H4ClF3N2O/c10-6-3-1-5(2-4-6)7-14-15-8(16-7)9(11,12)13/h1-4H. The van der Waals surface area contributed by atoms with Gasteiger partial charge in [0.1, 0.15) is 0 Å². The Kier molecular flexibility index (Phi) is 2.59. The number of benzene rings is 1. The van der Waals surface area contributed by atoms with Gasteiger partial charge in [0.2, 0.25) is 5.89 Å². The molecule has 16 heavy (non-hydrogen) atoms. The van der Waals surface area contributed by atoms with Crippen LogP contribution < -0.4 is 0 Å². The molecule has 0 aliphatic heterocycles. The van der Waals surface area contributed by atoms with Crippen molar-refractivity contribution in [2.24, 2.45) is 0 Å². The molecule has 1 heterocycles. The summed E-state index contributed by atoms with van der Waals surface area (Å²) in [6.45, 7) is 0. The molecule has 0 radical (unpaired) electrons. The number of hydrogen-bond acceptors (Lipinski definition) is 3. The van der Waals surface area contributed by atoms with Gasteiger partial charge in [0.05, 0.1) is 0 Å². The Morgan fingerprint density at radius 2 is 1.69 bits per heavy atom. The van der Waals surface area contributed by atoms with Gasteiger partial charge in [0.15, 0.2) is 0 Å². The molecule has 0 saturated heterocycles. The van der Waals surface area contributed by atoms with E-state index in [2.05, 4.69) is 14.6 Å².